The summed E-state index contributed by atoms with van der Waals surface area (Å²) in [4.78, 5) is 13.1. The second-order valence-corrected chi connectivity index (χ2v) is 4.23. The zero-order valence-electron chi connectivity index (χ0n) is 9.59. The highest BCUT2D eigenvalue weighted by Gasteiger charge is 2.27. The van der Waals surface area contributed by atoms with Crippen LogP contribution >= 0.6 is 0 Å². The van der Waals surface area contributed by atoms with E-state index >= 15 is 0 Å². The number of rotatable bonds is 3. The van der Waals surface area contributed by atoms with Crippen molar-refractivity contribution in [3.63, 3.8) is 0 Å². The van der Waals surface area contributed by atoms with Gasteiger partial charge < -0.3 is 5.43 Å². The zero-order valence-corrected chi connectivity index (χ0v) is 9.59. The van der Waals surface area contributed by atoms with Crippen LogP contribution < -0.4 is 11.3 Å². The average molecular weight is 230 g/mol. The van der Waals surface area contributed by atoms with Gasteiger partial charge in [0.1, 0.15) is 23.3 Å². The van der Waals surface area contributed by atoms with E-state index in [1.165, 1.54) is 0 Å². The van der Waals surface area contributed by atoms with E-state index in [1.807, 2.05) is 23.8 Å². The highest BCUT2D eigenvalue weighted by Crippen LogP contribution is 2.38. The highest BCUT2D eigenvalue weighted by atomic mass is 15.3. The van der Waals surface area contributed by atoms with Gasteiger partial charge in [0, 0.05) is 24.4 Å². The number of nitrogen functional groups attached to an aromatic ring is 1. The molecule has 2 aromatic rings. The van der Waals surface area contributed by atoms with Gasteiger partial charge in [-0.15, -0.1) is 0 Å². The molecule has 2 aromatic heterocycles. The molecule has 17 heavy (non-hydrogen) atoms. The number of nitrogens with one attached hydrogen (secondary N) is 1. The van der Waals surface area contributed by atoms with E-state index in [9.17, 15) is 0 Å². The molecule has 0 amide bonds. The fourth-order valence-electron chi connectivity index (χ4n) is 1.79. The van der Waals surface area contributed by atoms with Gasteiger partial charge >= 0.3 is 0 Å². The molecule has 0 aromatic carbocycles. The van der Waals surface area contributed by atoms with Crippen LogP contribution in [0.2, 0.25) is 0 Å². The summed E-state index contributed by atoms with van der Waals surface area (Å²) < 4.78 is 1.92. The standard InChI is InChI=1S/C11H14N6/c1-7-13-4-5-17(7)10-6-9(16-12)14-11(15-10)8-2-3-8/h4-6,8H,2-3,12H2,1H3,(H,14,15,16). The van der Waals surface area contributed by atoms with E-state index < -0.39 is 0 Å². The van der Waals surface area contributed by atoms with Crippen LogP contribution in [0.25, 0.3) is 5.82 Å². The molecule has 0 unspecified atom stereocenters. The molecule has 0 saturated heterocycles. The largest absolute Gasteiger partial charge is 0.308 e. The van der Waals surface area contributed by atoms with E-state index in [0.29, 0.717) is 11.7 Å². The van der Waals surface area contributed by atoms with Crippen molar-refractivity contribution in [1.29, 1.82) is 0 Å². The molecule has 0 radical (unpaired) electrons. The number of nitrogens with zero attached hydrogens (tertiary/aromatic N) is 4. The maximum absolute atomic E-state index is 5.43. The van der Waals surface area contributed by atoms with E-state index in [-0.39, 0.29) is 0 Å². The Morgan fingerprint density at radius 1 is 1.41 bits per heavy atom. The fraction of sp³-hybridized carbons (Fsp3) is 0.364. The quantitative estimate of drug-likeness (QED) is 0.610. The molecule has 2 heterocycles. The Kier molecular flexibility index (Phi) is 2.29. The molecule has 1 aliphatic rings. The summed E-state index contributed by atoms with van der Waals surface area (Å²) in [6, 6.07) is 1.82. The lowest BCUT2D eigenvalue weighted by Crippen LogP contribution is -2.12. The second-order valence-electron chi connectivity index (χ2n) is 4.23. The Bertz CT molecular complexity index is 543. The number of nitrogens with two attached hydrogens (primary N) is 1. The monoisotopic (exact) mass is 230 g/mol. The highest BCUT2D eigenvalue weighted by molar-refractivity contribution is 5.42. The van der Waals surface area contributed by atoms with Crippen LogP contribution in [0.4, 0.5) is 5.82 Å². The SMILES string of the molecule is Cc1nccn1-c1cc(NN)nc(C2CC2)n1. The van der Waals surface area contributed by atoms with Crippen molar-refractivity contribution in [1.82, 2.24) is 19.5 Å². The summed E-state index contributed by atoms with van der Waals surface area (Å²) in [5.74, 6) is 9.14. The van der Waals surface area contributed by atoms with E-state index in [0.717, 1.165) is 30.3 Å². The van der Waals surface area contributed by atoms with Crippen molar-refractivity contribution >= 4 is 5.82 Å². The van der Waals surface area contributed by atoms with Crippen molar-refractivity contribution in [2.24, 2.45) is 5.84 Å². The van der Waals surface area contributed by atoms with Crippen molar-refractivity contribution in [2.75, 3.05) is 5.43 Å². The summed E-state index contributed by atoms with van der Waals surface area (Å²) in [7, 11) is 0. The lowest BCUT2D eigenvalue weighted by Gasteiger charge is -2.08. The first kappa shape index (κ1) is 10.2. The third-order valence-electron chi connectivity index (χ3n) is 2.89. The van der Waals surface area contributed by atoms with Crippen LogP contribution in [0.1, 0.15) is 30.4 Å². The molecule has 1 saturated carbocycles. The molecule has 1 fully saturated rings. The molecule has 0 bridgehead atoms. The smallest absolute Gasteiger partial charge is 0.145 e. The first-order chi connectivity index (χ1) is 8.28. The van der Waals surface area contributed by atoms with Crippen molar-refractivity contribution in [3.05, 3.63) is 30.1 Å². The number of hydrogen-bond acceptors (Lipinski definition) is 5. The third-order valence-corrected chi connectivity index (χ3v) is 2.89. The molecular formula is C11H14N6. The van der Waals surface area contributed by atoms with E-state index in [4.69, 9.17) is 5.84 Å². The number of hydrogen-bond donors (Lipinski definition) is 2. The molecule has 6 nitrogen and oxygen atoms in total. The minimum absolute atomic E-state index is 0.492. The van der Waals surface area contributed by atoms with Crippen molar-refractivity contribution in [3.8, 4) is 5.82 Å². The van der Waals surface area contributed by atoms with Gasteiger partial charge in [-0.05, 0) is 19.8 Å². The fourth-order valence-corrected chi connectivity index (χ4v) is 1.79. The lowest BCUT2D eigenvalue weighted by atomic mass is 10.3. The van der Waals surface area contributed by atoms with Crippen molar-refractivity contribution < 1.29 is 0 Å². The number of aromatic nitrogens is 4. The molecular weight excluding hydrogens is 216 g/mol. The zero-order chi connectivity index (χ0) is 11.8. The van der Waals surface area contributed by atoms with Crippen LogP contribution in [-0.4, -0.2) is 19.5 Å². The number of anilines is 1. The van der Waals surface area contributed by atoms with Crippen LogP contribution in [0.5, 0.6) is 0 Å². The molecule has 6 heteroatoms. The Morgan fingerprint density at radius 2 is 2.24 bits per heavy atom. The summed E-state index contributed by atoms with van der Waals surface area (Å²) in [5, 5.41) is 0. The predicted molar refractivity (Wildman–Crippen MR) is 63.7 cm³/mol. The molecule has 0 aliphatic heterocycles. The van der Waals surface area contributed by atoms with Gasteiger partial charge in [0.15, 0.2) is 0 Å². The summed E-state index contributed by atoms with van der Waals surface area (Å²) in [6.07, 6.45) is 5.96. The van der Waals surface area contributed by atoms with Gasteiger partial charge in [0.2, 0.25) is 0 Å². The molecule has 0 spiro atoms. The Labute approximate surface area is 98.9 Å². The third kappa shape index (κ3) is 1.87. The topological polar surface area (TPSA) is 81.7 Å². The molecule has 3 N–H and O–H groups in total. The summed E-state index contributed by atoms with van der Waals surface area (Å²) >= 11 is 0. The van der Waals surface area contributed by atoms with Gasteiger partial charge in [-0.1, -0.05) is 0 Å². The minimum Gasteiger partial charge on any atom is -0.308 e. The minimum atomic E-state index is 0.492. The first-order valence-corrected chi connectivity index (χ1v) is 5.64. The average Bonchev–Trinajstić information content (AvgIpc) is 3.11. The maximum atomic E-state index is 5.43. The molecule has 0 atom stereocenters. The normalized spacial score (nSPS) is 14.9. The van der Waals surface area contributed by atoms with Gasteiger partial charge in [-0.2, -0.15) is 0 Å². The van der Waals surface area contributed by atoms with Gasteiger partial charge in [-0.3, -0.25) is 4.57 Å². The first-order valence-electron chi connectivity index (χ1n) is 5.64. The predicted octanol–water partition coefficient (Wildman–Crippen LogP) is 1.13. The molecule has 1 aliphatic carbocycles. The van der Waals surface area contributed by atoms with Crippen LogP contribution in [0.3, 0.4) is 0 Å². The van der Waals surface area contributed by atoms with Gasteiger partial charge in [-0.25, -0.2) is 20.8 Å². The number of aryl methyl sites for hydroxylation is 1. The number of hydrazine groups is 1. The van der Waals surface area contributed by atoms with Gasteiger partial charge in [0.05, 0.1) is 0 Å². The Hall–Kier alpha value is -1.95. The molecule has 3 rings (SSSR count). The van der Waals surface area contributed by atoms with Crippen LogP contribution in [-0.2, 0) is 0 Å². The van der Waals surface area contributed by atoms with Crippen molar-refractivity contribution in [2.45, 2.75) is 25.7 Å². The lowest BCUT2D eigenvalue weighted by molar-refractivity contribution is 0.860. The second kappa shape index (κ2) is 3.81. The van der Waals surface area contributed by atoms with Crippen LogP contribution in [0, 0.1) is 6.92 Å². The van der Waals surface area contributed by atoms with Gasteiger partial charge in [0.25, 0.3) is 0 Å². The van der Waals surface area contributed by atoms with Crippen LogP contribution in [0.15, 0.2) is 18.5 Å². The van der Waals surface area contributed by atoms with E-state index in [1.54, 1.807) is 6.20 Å². The summed E-state index contributed by atoms with van der Waals surface area (Å²) in [5.41, 5.74) is 2.59. The number of imidazole rings is 1. The summed E-state index contributed by atoms with van der Waals surface area (Å²) in [6.45, 7) is 1.94. The maximum Gasteiger partial charge on any atom is 0.145 e. The van der Waals surface area contributed by atoms with E-state index in [2.05, 4.69) is 20.4 Å². The molecule has 88 valence electrons. The Balaban J connectivity index is 2.09. The Morgan fingerprint density at radius 3 is 2.82 bits per heavy atom.